The molecule has 0 amide bonds. The normalized spacial score (nSPS) is 11.4. The highest BCUT2D eigenvalue weighted by atomic mass is 19.1. The minimum atomic E-state index is -0.241. The number of aromatic nitrogens is 1. The minimum absolute atomic E-state index is 0.241. The first-order chi connectivity index (χ1) is 8.72. The average Bonchev–Trinajstić information content (AvgIpc) is 2.65. The Morgan fingerprint density at radius 2 is 2.22 bits per heavy atom. The van der Waals surface area contributed by atoms with E-state index in [0.29, 0.717) is 19.5 Å². The highest BCUT2D eigenvalue weighted by Crippen LogP contribution is 2.20. The number of nitrogens with zero attached hydrogens (tertiary/aromatic N) is 1. The number of carbonyl (C=O) groups excluding carboxylic acids is 1. The Hall–Kier alpha value is -1.94. The maximum atomic E-state index is 13.1. The van der Waals surface area contributed by atoms with E-state index in [2.05, 4.69) is 0 Å². The van der Waals surface area contributed by atoms with Crippen molar-refractivity contribution in [3.63, 3.8) is 0 Å². The molecule has 0 spiro atoms. The quantitative estimate of drug-likeness (QED) is 0.462. The summed E-state index contributed by atoms with van der Waals surface area (Å²) < 4.78 is 20.5. The Morgan fingerprint density at radius 1 is 1.39 bits per heavy atom. The molecule has 0 radical (unpaired) electrons. The van der Waals surface area contributed by atoms with Crippen molar-refractivity contribution in [2.24, 2.45) is 7.05 Å². The first-order valence-electron chi connectivity index (χ1n) is 5.64. The van der Waals surface area contributed by atoms with Gasteiger partial charge in [0.05, 0.1) is 13.2 Å². The lowest BCUT2D eigenvalue weighted by molar-refractivity contribution is -0.104. The number of allylic oxidation sites excluding steroid dienone is 1. The average molecular weight is 247 g/mol. The Balaban J connectivity index is 2.11. The zero-order valence-corrected chi connectivity index (χ0v) is 10.1. The number of aldehydes is 1. The molecule has 94 valence electrons. The van der Waals surface area contributed by atoms with E-state index in [9.17, 15) is 9.18 Å². The molecule has 0 aliphatic heterocycles. The van der Waals surface area contributed by atoms with Crippen LogP contribution in [0.3, 0.4) is 0 Å². The summed E-state index contributed by atoms with van der Waals surface area (Å²) in [7, 11) is 1.92. The zero-order valence-electron chi connectivity index (χ0n) is 10.1. The van der Waals surface area contributed by atoms with Crippen LogP contribution in [-0.4, -0.2) is 17.5 Å². The van der Waals surface area contributed by atoms with E-state index in [1.54, 1.807) is 12.1 Å². The topological polar surface area (TPSA) is 31.2 Å². The van der Waals surface area contributed by atoms with Crippen LogP contribution in [0, 0.1) is 5.82 Å². The Labute approximate surface area is 104 Å². The second kappa shape index (κ2) is 5.60. The van der Waals surface area contributed by atoms with Crippen molar-refractivity contribution in [3.8, 4) is 0 Å². The Bertz CT molecular complexity index is 587. The van der Waals surface area contributed by atoms with Gasteiger partial charge in [-0.25, -0.2) is 4.39 Å². The molecule has 1 aromatic heterocycles. The molecule has 2 rings (SSSR count). The number of fused-ring (bicyclic) bond motifs is 1. The number of carbonyl (C=O) groups is 1. The number of benzene rings is 1. The monoisotopic (exact) mass is 247 g/mol. The van der Waals surface area contributed by atoms with Crippen molar-refractivity contribution in [2.45, 2.75) is 6.61 Å². The number of ether oxygens (including phenoxy) is 1. The summed E-state index contributed by atoms with van der Waals surface area (Å²) >= 11 is 0. The molecule has 0 aliphatic carbocycles. The zero-order chi connectivity index (χ0) is 13.0. The van der Waals surface area contributed by atoms with Crippen LogP contribution < -0.4 is 0 Å². The summed E-state index contributed by atoms with van der Waals surface area (Å²) in [6, 6.07) is 6.60. The number of aryl methyl sites for hydroxylation is 1. The van der Waals surface area contributed by atoms with Crippen molar-refractivity contribution in [3.05, 3.63) is 47.9 Å². The smallest absolute Gasteiger partial charge is 0.142 e. The number of halogens is 1. The van der Waals surface area contributed by atoms with E-state index in [0.717, 1.165) is 16.6 Å². The fourth-order valence-corrected chi connectivity index (χ4v) is 1.86. The Morgan fingerprint density at radius 3 is 3.00 bits per heavy atom. The minimum Gasteiger partial charge on any atom is -0.371 e. The second-order valence-corrected chi connectivity index (χ2v) is 3.98. The van der Waals surface area contributed by atoms with Gasteiger partial charge < -0.3 is 9.30 Å². The van der Waals surface area contributed by atoms with Gasteiger partial charge in [-0.2, -0.15) is 0 Å². The molecule has 1 heterocycles. The molecule has 0 fully saturated rings. The molecular weight excluding hydrogens is 233 g/mol. The molecule has 0 unspecified atom stereocenters. The van der Waals surface area contributed by atoms with E-state index in [1.807, 2.05) is 17.7 Å². The fraction of sp³-hybridized carbons (Fsp3) is 0.214. The SMILES string of the molecule is Cn1c(COC/C=C/C=O)cc2cc(F)ccc21. The third-order valence-corrected chi connectivity index (χ3v) is 2.78. The summed E-state index contributed by atoms with van der Waals surface area (Å²) in [4.78, 5) is 10.1. The summed E-state index contributed by atoms with van der Waals surface area (Å²) in [6.45, 7) is 0.810. The van der Waals surface area contributed by atoms with E-state index < -0.39 is 0 Å². The van der Waals surface area contributed by atoms with Crippen LogP contribution in [0.15, 0.2) is 36.4 Å². The third kappa shape index (κ3) is 2.65. The lowest BCUT2D eigenvalue weighted by Crippen LogP contribution is -1.99. The standard InChI is InChI=1S/C14H14FNO2/c1-16-13(10-18-7-3-2-6-17)9-11-8-12(15)4-5-14(11)16/h2-6,8-9H,7,10H2,1H3/b3-2+. The number of hydrogen-bond donors (Lipinski definition) is 0. The molecule has 0 N–H and O–H groups in total. The van der Waals surface area contributed by atoms with E-state index >= 15 is 0 Å². The van der Waals surface area contributed by atoms with Gasteiger partial charge in [0.15, 0.2) is 0 Å². The predicted octanol–water partition coefficient (Wildman–Crippen LogP) is 2.59. The molecule has 4 heteroatoms. The van der Waals surface area contributed by atoms with Crippen molar-refractivity contribution in [1.82, 2.24) is 4.57 Å². The van der Waals surface area contributed by atoms with Crippen LogP contribution in [0.4, 0.5) is 4.39 Å². The highest BCUT2D eigenvalue weighted by molar-refractivity contribution is 5.81. The molecule has 0 saturated carbocycles. The fourth-order valence-electron chi connectivity index (χ4n) is 1.86. The van der Waals surface area contributed by atoms with E-state index in [4.69, 9.17) is 4.74 Å². The molecule has 2 aromatic rings. The summed E-state index contributed by atoms with van der Waals surface area (Å²) in [5.41, 5.74) is 1.94. The van der Waals surface area contributed by atoms with Gasteiger partial charge in [-0.3, -0.25) is 4.79 Å². The molecule has 0 atom stereocenters. The Kier molecular flexibility index (Phi) is 3.89. The summed E-state index contributed by atoms with van der Waals surface area (Å²) in [5.74, 6) is -0.241. The largest absolute Gasteiger partial charge is 0.371 e. The van der Waals surface area contributed by atoms with Gasteiger partial charge in [-0.15, -0.1) is 0 Å². The first kappa shape index (κ1) is 12.5. The van der Waals surface area contributed by atoms with Gasteiger partial charge in [-0.05, 0) is 30.3 Å². The van der Waals surface area contributed by atoms with Gasteiger partial charge in [-0.1, -0.05) is 6.08 Å². The lowest BCUT2D eigenvalue weighted by atomic mass is 10.2. The molecule has 1 aromatic carbocycles. The van der Waals surface area contributed by atoms with Gasteiger partial charge in [0.25, 0.3) is 0 Å². The second-order valence-electron chi connectivity index (χ2n) is 3.98. The first-order valence-corrected chi connectivity index (χ1v) is 5.64. The summed E-state index contributed by atoms with van der Waals surface area (Å²) in [6.07, 6.45) is 3.76. The van der Waals surface area contributed by atoms with Gasteiger partial charge in [0.2, 0.25) is 0 Å². The number of rotatable bonds is 5. The summed E-state index contributed by atoms with van der Waals surface area (Å²) in [5, 5.41) is 0.861. The molecule has 0 saturated heterocycles. The van der Waals surface area contributed by atoms with Gasteiger partial charge in [0.1, 0.15) is 12.1 Å². The van der Waals surface area contributed by atoms with Crippen molar-refractivity contribution in [2.75, 3.05) is 6.61 Å². The van der Waals surface area contributed by atoms with Crippen LogP contribution in [0.2, 0.25) is 0 Å². The highest BCUT2D eigenvalue weighted by Gasteiger charge is 2.06. The van der Waals surface area contributed by atoms with Crippen LogP contribution in [0.1, 0.15) is 5.69 Å². The van der Waals surface area contributed by atoms with Gasteiger partial charge >= 0.3 is 0 Å². The molecule has 0 bridgehead atoms. The lowest BCUT2D eigenvalue weighted by Gasteiger charge is -2.04. The van der Waals surface area contributed by atoms with Crippen molar-refractivity contribution in [1.29, 1.82) is 0 Å². The third-order valence-electron chi connectivity index (χ3n) is 2.78. The number of hydrogen-bond acceptors (Lipinski definition) is 2. The van der Waals surface area contributed by atoms with Crippen LogP contribution in [0.25, 0.3) is 10.9 Å². The maximum absolute atomic E-state index is 13.1. The van der Waals surface area contributed by atoms with E-state index in [-0.39, 0.29) is 5.82 Å². The van der Waals surface area contributed by atoms with E-state index in [1.165, 1.54) is 18.2 Å². The predicted molar refractivity (Wildman–Crippen MR) is 67.7 cm³/mol. The molecular formula is C14H14FNO2. The maximum Gasteiger partial charge on any atom is 0.142 e. The van der Waals surface area contributed by atoms with Crippen LogP contribution in [-0.2, 0) is 23.2 Å². The van der Waals surface area contributed by atoms with Crippen molar-refractivity contribution >= 4 is 17.2 Å². The molecule has 0 aliphatic rings. The molecule has 3 nitrogen and oxygen atoms in total. The van der Waals surface area contributed by atoms with Crippen molar-refractivity contribution < 1.29 is 13.9 Å². The molecule has 18 heavy (non-hydrogen) atoms. The van der Waals surface area contributed by atoms with Crippen LogP contribution in [0.5, 0.6) is 0 Å². The van der Waals surface area contributed by atoms with Gasteiger partial charge in [0, 0.05) is 23.6 Å². The van der Waals surface area contributed by atoms with Crippen LogP contribution >= 0.6 is 0 Å².